The van der Waals surface area contributed by atoms with Gasteiger partial charge in [-0.3, -0.25) is 9.97 Å². The fraction of sp³-hybridized carbons (Fsp3) is 0.571. The maximum Gasteiger partial charge on any atom is 0.333 e. The molecule has 84 valence electrons. The number of nitrogens with one attached hydrogen (secondary N) is 2. The van der Waals surface area contributed by atoms with Crippen molar-refractivity contribution in [3.05, 3.63) is 31.5 Å². The lowest BCUT2D eigenvalue weighted by Gasteiger charge is -2.01. The van der Waals surface area contributed by atoms with E-state index in [1.54, 1.807) is 7.11 Å². The zero-order valence-electron chi connectivity index (χ0n) is 8.41. The Kier molecular flexibility index (Phi) is 4.25. The molecule has 2 N–H and O–H groups in total. The first-order valence-electron chi connectivity index (χ1n) is 4.57. The van der Waals surface area contributed by atoms with Crippen LogP contribution in [0.5, 0.6) is 0 Å². The highest BCUT2D eigenvalue weighted by molar-refractivity contribution is 6.26. The van der Waals surface area contributed by atoms with Gasteiger partial charge < -0.3 is 4.43 Å². The lowest BCUT2D eigenvalue weighted by Crippen LogP contribution is -2.43. The molecule has 0 spiro atoms. The average Bonchev–Trinajstić information content (AvgIpc) is 2.15. The van der Waals surface area contributed by atoms with Gasteiger partial charge in [-0.2, -0.15) is 0 Å². The Hall–Kier alpha value is -1.41. The minimum Gasteiger partial charge on any atom is -0.427 e. The Balaban J connectivity index is 2.74. The second-order valence-corrected chi connectivity index (χ2v) is 4.73. The fourth-order valence-corrected chi connectivity index (χ4v) is 1.89. The number of nitrogens with zero attached hydrogens (tertiary/aromatic N) is 1. The molecule has 0 radical (unpaired) electrons. The van der Waals surface area contributed by atoms with Crippen LogP contribution in [0, 0.1) is 0 Å². The summed E-state index contributed by atoms with van der Waals surface area (Å²) in [5, 5.41) is 0. The molecule has 0 saturated carbocycles. The zero-order chi connectivity index (χ0) is 11.3. The fourth-order valence-electron chi connectivity index (χ4n) is 1.17. The molecule has 0 saturated heterocycles. The predicted octanol–water partition coefficient (Wildman–Crippen LogP) is -2.24. The van der Waals surface area contributed by atoms with Crippen LogP contribution in [-0.2, 0) is 11.0 Å². The molecule has 0 bridgehead atoms. The van der Waals surface area contributed by atoms with E-state index in [0.29, 0.717) is 13.0 Å². The quantitative estimate of drug-likeness (QED) is 0.442. The second-order valence-electron chi connectivity index (χ2n) is 3.04. The van der Waals surface area contributed by atoms with Crippen LogP contribution >= 0.6 is 0 Å². The van der Waals surface area contributed by atoms with Crippen LogP contribution in [-0.4, -0.2) is 31.4 Å². The largest absolute Gasteiger partial charge is 0.427 e. The standard InChI is InChI=1S/C7H13N3O4Si/c1-14-15-4-2-3-10-6(12)8-5(11)9-7(10)13/h2-4,15H2,1H3,(H2,8,9,11,12,13). The van der Waals surface area contributed by atoms with Gasteiger partial charge in [0, 0.05) is 13.7 Å². The van der Waals surface area contributed by atoms with Crippen LogP contribution in [0.25, 0.3) is 0 Å². The summed E-state index contributed by atoms with van der Waals surface area (Å²) in [4.78, 5) is 37.1. The van der Waals surface area contributed by atoms with E-state index in [-0.39, 0.29) is 0 Å². The smallest absolute Gasteiger partial charge is 0.333 e. The van der Waals surface area contributed by atoms with Crippen molar-refractivity contribution in [3.63, 3.8) is 0 Å². The van der Waals surface area contributed by atoms with E-state index in [9.17, 15) is 14.4 Å². The molecule has 7 nitrogen and oxygen atoms in total. The topological polar surface area (TPSA) is 96.9 Å². The number of aromatic amines is 2. The SMILES string of the molecule is CO[SiH2]CCCn1c(=O)[nH]c(=O)[nH]c1=O. The maximum atomic E-state index is 11.2. The summed E-state index contributed by atoms with van der Waals surface area (Å²) in [5.41, 5.74) is -2.10. The summed E-state index contributed by atoms with van der Waals surface area (Å²) >= 11 is 0. The van der Waals surface area contributed by atoms with E-state index in [4.69, 9.17) is 4.43 Å². The number of hydrogen-bond donors (Lipinski definition) is 2. The molecule has 0 aliphatic rings. The van der Waals surface area contributed by atoms with Crippen molar-refractivity contribution in [2.45, 2.75) is 19.0 Å². The Labute approximate surface area is 87.1 Å². The summed E-state index contributed by atoms with van der Waals surface area (Å²) in [6.07, 6.45) is 0.703. The van der Waals surface area contributed by atoms with Crippen LogP contribution in [0.4, 0.5) is 0 Å². The highest BCUT2D eigenvalue weighted by atomic mass is 28.2. The monoisotopic (exact) mass is 231 g/mol. The molecular weight excluding hydrogens is 218 g/mol. The van der Waals surface area contributed by atoms with Crippen molar-refractivity contribution in [2.75, 3.05) is 7.11 Å². The number of rotatable bonds is 5. The Morgan fingerprint density at radius 3 is 2.40 bits per heavy atom. The minimum absolute atomic E-state index is 0.307. The lowest BCUT2D eigenvalue weighted by molar-refractivity contribution is 0.437. The van der Waals surface area contributed by atoms with E-state index >= 15 is 0 Å². The van der Waals surface area contributed by atoms with Gasteiger partial charge in [-0.15, -0.1) is 0 Å². The van der Waals surface area contributed by atoms with Crippen molar-refractivity contribution >= 4 is 9.76 Å². The summed E-state index contributed by atoms with van der Waals surface area (Å²) in [6, 6.07) is 0.890. The third-order valence-electron chi connectivity index (χ3n) is 1.91. The van der Waals surface area contributed by atoms with E-state index in [2.05, 4.69) is 0 Å². The first-order chi connectivity index (χ1) is 7.15. The van der Waals surface area contributed by atoms with Gasteiger partial charge in [0.25, 0.3) is 0 Å². The van der Waals surface area contributed by atoms with Crippen LogP contribution < -0.4 is 17.1 Å². The van der Waals surface area contributed by atoms with Crippen LogP contribution in [0.3, 0.4) is 0 Å². The Morgan fingerprint density at radius 1 is 1.27 bits per heavy atom. The van der Waals surface area contributed by atoms with Gasteiger partial charge in [0.05, 0.1) is 0 Å². The lowest BCUT2D eigenvalue weighted by atomic mass is 10.5. The molecule has 0 aromatic carbocycles. The molecule has 1 rings (SSSR count). The number of aromatic nitrogens is 3. The van der Waals surface area contributed by atoms with Crippen molar-refractivity contribution in [1.29, 1.82) is 0 Å². The van der Waals surface area contributed by atoms with E-state index in [1.165, 1.54) is 0 Å². The van der Waals surface area contributed by atoms with E-state index in [1.807, 2.05) is 9.97 Å². The van der Waals surface area contributed by atoms with E-state index in [0.717, 1.165) is 10.6 Å². The van der Waals surface area contributed by atoms with Crippen molar-refractivity contribution < 1.29 is 4.43 Å². The highest BCUT2D eigenvalue weighted by Crippen LogP contribution is 1.89. The Morgan fingerprint density at radius 2 is 1.87 bits per heavy atom. The number of H-pyrrole nitrogens is 2. The van der Waals surface area contributed by atoms with Crippen LogP contribution in [0.15, 0.2) is 14.4 Å². The third-order valence-corrected chi connectivity index (χ3v) is 3.11. The Bertz CT molecular complexity index is 440. The molecule has 15 heavy (non-hydrogen) atoms. The first kappa shape index (κ1) is 11.7. The van der Waals surface area contributed by atoms with Gasteiger partial charge in [-0.25, -0.2) is 19.0 Å². The average molecular weight is 231 g/mol. The summed E-state index contributed by atoms with van der Waals surface area (Å²) in [7, 11) is 1.12. The molecular formula is C7H13N3O4Si. The molecule has 1 aromatic heterocycles. The second kappa shape index (κ2) is 5.46. The molecule has 0 fully saturated rings. The van der Waals surface area contributed by atoms with Crippen molar-refractivity contribution in [2.24, 2.45) is 0 Å². The molecule has 8 heteroatoms. The van der Waals surface area contributed by atoms with Crippen molar-refractivity contribution in [1.82, 2.24) is 14.5 Å². The maximum absolute atomic E-state index is 11.2. The van der Waals surface area contributed by atoms with Gasteiger partial charge in [-0.05, 0) is 12.5 Å². The molecule has 0 atom stereocenters. The first-order valence-corrected chi connectivity index (χ1v) is 6.15. The predicted molar refractivity (Wildman–Crippen MR) is 56.9 cm³/mol. The van der Waals surface area contributed by atoms with Crippen LogP contribution in [0.1, 0.15) is 6.42 Å². The summed E-state index contributed by atoms with van der Waals surface area (Å²) in [6.45, 7) is 0.307. The number of hydrogen-bond acceptors (Lipinski definition) is 4. The molecule has 1 heterocycles. The highest BCUT2D eigenvalue weighted by Gasteiger charge is 2.01. The van der Waals surface area contributed by atoms with Crippen LogP contribution in [0.2, 0.25) is 6.04 Å². The van der Waals surface area contributed by atoms with Gasteiger partial charge in [0.2, 0.25) is 0 Å². The molecule has 1 aromatic rings. The summed E-state index contributed by atoms with van der Waals surface area (Å²) < 4.78 is 5.94. The molecule has 0 amide bonds. The minimum atomic E-state index is -0.771. The summed E-state index contributed by atoms with van der Waals surface area (Å²) in [5.74, 6) is 0. The molecule has 0 aliphatic heterocycles. The van der Waals surface area contributed by atoms with Gasteiger partial charge in [-0.1, -0.05) is 0 Å². The van der Waals surface area contributed by atoms with Crippen molar-refractivity contribution in [3.8, 4) is 0 Å². The van der Waals surface area contributed by atoms with Gasteiger partial charge in [0.15, 0.2) is 9.76 Å². The zero-order valence-corrected chi connectivity index (χ0v) is 9.82. The van der Waals surface area contributed by atoms with Gasteiger partial charge in [0.1, 0.15) is 0 Å². The molecule has 0 unspecified atom stereocenters. The van der Waals surface area contributed by atoms with E-state index < -0.39 is 26.8 Å². The molecule has 0 aliphatic carbocycles. The normalized spacial score (nSPS) is 11.3. The van der Waals surface area contributed by atoms with Gasteiger partial charge >= 0.3 is 17.1 Å². The third kappa shape index (κ3) is 3.33.